The molecule has 1 unspecified atom stereocenters. The summed E-state index contributed by atoms with van der Waals surface area (Å²) in [4.78, 5) is 14.3. The molecule has 1 atom stereocenters. The lowest BCUT2D eigenvalue weighted by Gasteiger charge is -2.32. The molecule has 0 radical (unpaired) electrons. The molecule has 0 heterocycles. The quantitative estimate of drug-likeness (QED) is 0.577. The van der Waals surface area contributed by atoms with Crippen LogP contribution in [0.4, 0.5) is 0 Å². The van der Waals surface area contributed by atoms with E-state index in [1.54, 1.807) is 0 Å². The molecule has 17 heavy (non-hydrogen) atoms. The molecule has 1 aliphatic rings. The molecule has 0 aromatic heterocycles. The van der Waals surface area contributed by atoms with Crippen LogP contribution >= 0.6 is 12.2 Å². The van der Waals surface area contributed by atoms with E-state index in [0.29, 0.717) is 24.2 Å². The molecule has 5 heteroatoms. The highest BCUT2D eigenvalue weighted by Gasteiger charge is 2.31. The van der Waals surface area contributed by atoms with Gasteiger partial charge in [0, 0.05) is 12.6 Å². The Morgan fingerprint density at radius 1 is 1.53 bits per heavy atom. The molecular weight excluding hydrogens is 236 g/mol. The molecule has 0 aromatic rings. The Kier molecular flexibility index (Phi) is 5.85. The Hall–Kier alpha value is -0.680. The first kappa shape index (κ1) is 14.4. The van der Waals surface area contributed by atoms with E-state index in [2.05, 4.69) is 4.90 Å². The summed E-state index contributed by atoms with van der Waals surface area (Å²) in [5.74, 6) is -0.185. The van der Waals surface area contributed by atoms with E-state index in [-0.39, 0.29) is 12.0 Å². The smallest absolute Gasteiger partial charge is 0.323 e. The fraction of sp³-hybridized carbons (Fsp3) is 0.833. The summed E-state index contributed by atoms with van der Waals surface area (Å²) in [7, 11) is 0. The summed E-state index contributed by atoms with van der Waals surface area (Å²) in [6.07, 6.45) is 4.67. The van der Waals surface area contributed by atoms with Crippen LogP contribution in [0.3, 0.4) is 0 Å². The number of hydrogen-bond acceptors (Lipinski definition) is 4. The minimum Gasteiger partial charge on any atom is -0.465 e. The van der Waals surface area contributed by atoms with Crippen molar-refractivity contribution in [2.24, 2.45) is 5.73 Å². The van der Waals surface area contributed by atoms with Crippen molar-refractivity contribution >= 4 is 23.2 Å². The zero-order chi connectivity index (χ0) is 12.8. The number of rotatable bonds is 6. The maximum atomic E-state index is 11.8. The van der Waals surface area contributed by atoms with Crippen molar-refractivity contribution in [3.63, 3.8) is 0 Å². The van der Waals surface area contributed by atoms with Crippen molar-refractivity contribution in [2.45, 2.75) is 51.6 Å². The molecule has 2 N–H and O–H groups in total. The molecule has 0 aromatic carbocycles. The molecule has 0 amide bonds. The van der Waals surface area contributed by atoms with Gasteiger partial charge in [0.25, 0.3) is 0 Å². The Morgan fingerprint density at radius 3 is 2.59 bits per heavy atom. The number of carbonyl (C=O) groups excluding carboxylic acids is 1. The molecule has 1 saturated carbocycles. The summed E-state index contributed by atoms with van der Waals surface area (Å²) >= 11 is 4.96. The average molecular weight is 258 g/mol. The van der Waals surface area contributed by atoms with Crippen LogP contribution in [0.15, 0.2) is 0 Å². The first-order valence-corrected chi connectivity index (χ1v) is 6.67. The topological polar surface area (TPSA) is 55.6 Å². The molecule has 1 fully saturated rings. The third kappa shape index (κ3) is 4.24. The second kappa shape index (κ2) is 6.91. The van der Waals surface area contributed by atoms with Crippen LogP contribution in [0.1, 0.15) is 39.5 Å². The molecule has 0 spiro atoms. The van der Waals surface area contributed by atoms with Gasteiger partial charge in [-0.25, -0.2) is 0 Å². The van der Waals surface area contributed by atoms with Crippen LogP contribution in [-0.4, -0.2) is 41.1 Å². The lowest BCUT2D eigenvalue weighted by atomic mass is 10.1. The van der Waals surface area contributed by atoms with Gasteiger partial charge in [-0.3, -0.25) is 9.69 Å². The van der Waals surface area contributed by atoms with Crippen molar-refractivity contribution in [3.05, 3.63) is 0 Å². The van der Waals surface area contributed by atoms with Gasteiger partial charge in [-0.2, -0.15) is 0 Å². The second-order valence-corrected chi connectivity index (χ2v) is 5.03. The fourth-order valence-electron chi connectivity index (χ4n) is 2.40. The predicted octanol–water partition coefficient (Wildman–Crippen LogP) is 1.47. The highest BCUT2D eigenvalue weighted by Crippen LogP contribution is 2.25. The molecule has 0 saturated heterocycles. The maximum absolute atomic E-state index is 11.8. The Bertz CT molecular complexity index is 278. The molecule has 98 valence electrons. The van der Waals surface area contributed by atoms with Gasteiger partial charge in [0.05, 0.1) is 11.6 Å². The highest BCUT2D eigenvalue weighted by molar-refractivity contribution is 7.80. The van der Waals surface area contributed by atoms with Crippen molar-refractivity contribution in [1.29, 1.82) is 0 Å². The standard InChI is InChI=1S/C12H22N2O2S/c1-3-16-12(15)9(2)14(8-11(13)17)10-6-4-5-7-10/h9-10H,3-8H2,1-2H3,(H2,13,17). The third-order valence-electron chi connectivity index (χ3n) is 3.26. The third-order valence-corrected chi connectivity index (χ3v) is 3.39. The minimum absolute atomic E-state index is 0.185. The van der Waals surface area contributed by atoms with Gasteiger partial charge in [-0.1, -0.05) is 25.1 Å². The van der Waals surface area contributed by atoms with E-state index in [9.17, 15) is 4.79 Å². The lowest BCUT2D eigenvalue weighted by molar-refractivity contribution is -0.149. The van der Waals surface area contributed by atoms with E-state index in [4.69, 9.17) is 22.7 Å². The monoisotopic (exact) mass is 258 g/mol. The van der Waals surface area contributed by atoms with Crippen molar-refractivity contribution in [1.82, 2.24) is 4.90 Å². The van der Waals surface area contributed by atoms with Gasteiger partial charge in [-0.05, 0) is 26.7 Å². The number of esters is 1. The molecular formula is C12H22N2O2S. The van der Waals surface area contributed by atoms with Crippen LogP contribution < -0.4 is 5.73 Å². The van der Waals surface area contributed by atoms with Gasteiger partial charge in [0.2, 0.25) is 0 Å². The Balaban J connectivity index is 2.66. The number of carbonyl (C=O) groups is 1. The maximum Gasteiger partial charge on any atom is 0.323 e. The minimum atomic E-state index is -0.264. The predicted molar refractivity (Wildman–Crippen MR) is 71.8 cm³/mol. The number of nitrogens with zero attached hydrogens (tertiary/aromatic N) is 1. The average Bonchev–Trinajstić information content (AvgIpc) is 2.78. The summed E-state index contributed by atoms with van der Waals surface area (Å²) in [5, 5.41) is 0. The van der Waals surface area contributed by atoms with Crippen LogP contribution in [0.2, 0.25) is 0 Å². The SMILES string of the molecule is CCOC(=O)C(C)N(CC(N)=S)C1CCCC1. The van der Waals surface area contributed by atoms with Crippen LogP contribution in [0.25, 0.3) is 0 Å². The van der Waals surface area contributed by atoms with Crippen molar-refractivity contribution < 1.29 is 9.53 Å². The summed E-state index contributed by atoms with van der Waals surface area (Å²) in [5.41, 5.74) is 5.61. The van der Waals surface area contributed by atoms with Gasteiger partial charge in [0.15, 0.2) is 0 Å². The van der Waals surface area contributed by atoms with Crippen molar-refractivity contribution in [3.8, 4) is 0 Å². The summed E-state index contributed by atoms with van der Waals surface area (Å²) in [6.45, 7) is 4.60. The first-order valence-electron chi connectivity index (χ1n) is 6.27. The van der Waals surface area contributed by atoms with Crippen LogP contribution in [-0.2, 0) is 9.53 Å². The number of ether oxygens (including phenoxy) is 1. The Morgan fingerprint density at radius 2 is 2.12 bits per heavy atom. The van der Waals surface area contributed by atoms with E-state index >= 15 is 0 Å². The second-order valence-electron chi connectivity index (χ2n) is 4.50. The zero-order valence-corrected chi connectivity index (χ0v) is 11.5. The Labute approximate surface area is 108 Å². The normalized spacial score (nSPS) is 18.3. The van der Waals surface area contributed by atoms with E-state index < -0.39 is 0 Å². The lowest BCUT2D eigenvalue weighted by Crippen LogP contribution is -2.48. The van der Waals surface area contributed by atoms with Gasteiger partial charge >= 0.3 is 5.97 Å². The molecule has 1 aliphatic carbocycles. The zero-order valence-electron chi connectivity index (χ0n) is 10.6. The highest BCUT2D eigenvalue weighted by atomic mass is 32.1. The number of hydrogen-bond donors (Lipinski definition) is 1. The summed E-state index contributed by atoms with van der Waals surface area (Å²) in [6, 6.07) is 0.149. The fourth-order valence-corrected chi connectivity index (χ4v) is 2.55. The number of nitrogens with two attached hydrogens (primary N) is 1. The van der Waals surface area contributed by atoms with Gasteiger partial charge in [-0.15, -0.1) is 0 Å². The first-order chi connectivity index (χ1) is 8.06. The largest absolute Gasteiger partial charge is 0.465 e. The molecule has 0 bridgehead atoms. The summed E-state index contributed by atoms with van der Waals surface area (Å²) < 4.78 is 5.06. The van der Waals surface area contributed by atoms with Crippen molar-refractivity contribution in [2.75, 3.05) is 13.2 Å². The molecule has 4 nitrogen and oxygen atoms in total. The van der Waals surface area contributed by atoms with Gasteiger partial charge in [0.1, 0.15) is 6.04 Å². The van der Waals surface area contributed by atoms with E-state index in [0.717, 1.165) is 12.8 Å². The van der Waals surface area contributed by atoms with Crippen LogP contribution in [0, 0.1) is 0 Å². The van der Waals surface area contributed by atoms with E-state index in [1.807, 2.05) is 13.8 Å². The molecule has 1 rings (SSSR count). The molecule has 0 aliphatic heterocycles. The van der Waals surface area contributed by atoms with E-state index in [1.165, 1.54) is 12.8 Å². The number of thiocarbonyl (C=S) groups is 1. The van der Waals surface area contributed by atoms with Gasteiger partial charge < -0.3 is 10.5 Å². The van der Waals surface area contributed by atoms with Crippen LogP contribution in [0.5, 0.6) is 0 Å².